The topological polar surface area (TPSA) is 32.3 Å². The average molecular weight is 280 g/mol. The quantitative estimate of drug-likeness (QED) is 0.835. The molecule has 5 unspecified atom stereocenters. The molecule has 1 aliphatic heterocycles. The van der Waals surface area contributed by atoms with Gasteiger partial charge in [-0.15, -0.1) is 0 Å². The summed E-state index contributed by atoms with van der Waals surface area (Å²) in [7, 11) is 0. The van der Waals surface area contributed by atoms with E-state index in [1.54, 1.807) is 0 Å². The minimum atomic E-state index is -0.343. The van der Waals surface area contributed by atoms with Crippen LogP contribution in [-0.2, 0) is 4.79 Å². The van der Waals surface area contributed by atoms with E-state index in [1.165, 1.54) is 19.3 Å². The van der Waals surface area contributed by atoms with Gasteiger partial charge in [0.15, 0.2) is 0 Å². The molecule has 2 aliphatic rings. The fraction of sp³-hybridized carbons (Fsp3) is 0.941. The first-order chi connectivity index (χ1) is 9.48. The second-order valence-corrected chi connectivity index (χ2v) is 7.02. The van der Waals surface area contributed by atoms with E-state index in [2.05, 4.69) is 44.8 Å². The predicted molar refractivity (Wildman–Crippen MR) is 83.3 cm³/mol. The molecule has 116 valence electrons. The molecular formula is C17H32N2O. The summed E-state index contributed by atoms with van der Waals surface area (Å²) >= 11 is 0. The minimum absolute atomic E-state index is 0.250. The van der Waals surface area contributed by atoms with Crippen LogP contribution < -0.4 is 5.32 Å². The largest absolute Gasteiger partial charge is 0.322 e. The highest BCUT2D eigenvalue weighted by atomic mass is 16.2. The lowest BCUT2D eigenvalue weighted by Gasteiger charge is -2.34. The number of rotatable bonds is 5. The summed E-state index contributed by atoms with van der Waals surface area (Å²) in [6.45, 7) is 11.0. The number of nitrogens with zero attached hydrogens (tertiary/aromatic N) is 1. The molecule has 0 aromatic carbocycles. The van der Waals surface area contributed by atoms with Gasteiger partial charge in [-0.05, 0) is 44.4 Å². The van der Waals surface area contributed by atoms with Crippen LogP contribution in [0.5, 0.6) is 0 Å². The number of amides is 1. The standard InChI is InChI=1S/C17H32N2O/c1-6-9-15-18-17(5,8-3)16(20)19(15)14-11-10-13(7-2)12(14)4/h12-15,18H,6-11H2,1-5H3. The Morgan fingerprint density at radius 3 is 2.50 bits per heavy atom. The first kappa shape index (κ1) is 15.8. The number of carbonyl (C=O) groups is 1. The number of nitrogens with one attached hydrogen (secondary N) is 1. The van der Waals surface area contributed by atoms with Crippen LogP contribution in [0.15, 0.2) is 0 Å². The van der Waals surface area contributed by atoms with Crippen molar-refractivity contribution in [2.45, 2.75) is 90.9 Å². The summed E-state index contributed by atoms with van der Waals surface area (Å²) in [6.07, 6.45) is 7.04. The van der Waals surface area contributed by atoms with Crippen molar-refractivity contribution >= 4 is 5.91 Å². The molecule has 5 atom stereocenters. The highest BCUT2D eigenvalue weighted by Gasteiger charge is 2.51. The highest BCUT2D eigenvalue weighted by molar-refractivity contribution is 5.88. The molecule has 1 amide bonds. The van der Waals surface area contributed by atoms with Gasteiger partial charge in [0.2, 0.25) is 5.91 Å². The molecule has 0 bridgehead atoms. The summed E-state index contributed by atoms with van der Waals surface area (Å²) in [4.78, 5) is 15.2. The van der Waals surface area contributed by atoms with Crippen LogP contribution in [0, 0.1) is 11.8 Å². The average Bonchev–Trinajstić information content (AvgIpc) is 2.90. The SMILES string of the molecule is CCCC1NC(C)(CC)C(=O)N1C1CCC(CC)C1C. The van der Waals surface area contributed by atoms with Crippen molar-refractivity contribution in [3.05, 3.63) is 0 Å². The third-order valence-corrected chi connectivity index (χ3v) is 5.86. The lowest BCUT2D eigenvalue weighted by atomic mass is 9.92. The number of carbonyl (C=O) groups excluding carboxylic acids is 1. The van der Waals surface area contributed by atoms with Crippen molar-refractivity contribution in [3.63, 3.8) is 0 Å². The predicted octanol–water partition coefficient (Wildman–Crippen LogP) is 3.54. The van der Waals surface area contributed by atoms with Gasteiger partial charge in [0.05, 0.1) is 11.7 Å². The van der Waals surface area contributed by atoms with Gasteiger partial charge in [-0.2, -0.15) is 0 Å². The molecule has 0 spiro atoms. The molecule has 2 rings (SSSR count). The first-order valence-electron chi connectivity index (χ1n) is 8.58. The molecule has 20 heavy (non-hydrogen) atoms. The second kappa shape index (κ2) is 6.05. The maximum absolute atomic E-state index is 12.9. The van der Waals surface area contributed by atoms with Crippen LogP contribution in [-0.4, -0.2) is 28.6 Å². The van der Waals surface area contributed by atoms with Crippen molar-refractivity contribution < 1.29 is 4.79 Å². The van der Waals surface area contributed by atoms with Crippen molar-refractivity contribution in [2.75, 3.05) is 0 Å². The molecule has 0 radical (unpaired) electrons. The number of hydrogen-bond acceptors (Lipinski definition) is 2. The Kier molecular flexibility index (Phi) is 4.78. The van der Waals surface area contributed by atoms with Gasteiger partial charge in [-0.25, -0.2) is 0 Å². The maximum atomic E-state index is 12.9. The molecule has 3 heteroatoms. The van der Waals surface area contributed by atoms with E-state index in [0.717, 1.165) is 25.2 Å². The van der Waals surface area contributed by atoms with E-state index in [-0.39, 0.29) is 11.7 Å². The Balaban J connectivity index is 2.21. The van der Waals surface area contributed by atoms with E-state index in [4.69, 9.17) is 0 Å². The maximum Gasteiger partial charge on any atom is 0.244 e. The molecule has 1 saturated heterocycles. The summed E-state index contributed by atoms with van der Waals surface area (Å²) in [5, 5.41) is 3.62. The number of hydrogen-bond donors (Lipinski definition) is 1. The summed E-state index contributed by atoms with van der Waals surface area (Å²) in [5.41, 5.74) is -0.343. The fourth-order valence-electron chi connectivity index (χ4n) is 4.24. The smallest absolute Gasteiger partial charge is 0.244 e. The zero-order valence-corrected chi connectivity index (χ0v) is 13.9. The Bertz CT molecular complexity index is 357. The Hall–Kier alpha value is -0.570. The molecule has 1 aliphatic carbocycles. The molecule has 0 aromatic rings. The third kappa shape index (κ3) is 2.49. The molecule has 1 N–H and O–H groups in total. The van der Waals surface area contributed by atoms with E-state index in [1.807, 2.05) is 0 Å². The van der Waals surface area contributed by atoms with Crippen LogP contribution in [0.25, 0.3) is 0 Å². The first-order valence-corrected chi connectivity index (χ1v) is 8.58. The molecule has 1 saturated carbocycles. The molecular weight excluding hydrogens is 248 g/mol. The highest BCUT2D eigenvalue weighted by Crippen LogP contribution is 2.40. The zero-order chi connectivity index (χ0) is 14.9. The van der Waals surface area contributed by atoms with E-state index in [9.17, 15) is 4.79 Å². The normalized spacial score (nSPS) is 41.6. The minimum Gasteiger partial charge on any atom is -0.322 e. The molecule has 1 heterocycles. The van der Waals surface area contributed by atoms with Gasteiger partial charge in [0, 0.05) is 6.04 Å². The summed E-state index contributed by atoms with van der Waals surface area (Å²) < 4.78 is 0. The summed E-state index contributed by atoms with van der Waals surface area (Å²) in [5.74, 6) is 1.78. The third-order valence-electron chi connectivity index (χ3n) is 5.86. The lowest BCUT2D eigenvalue weighted by Crippen LogP contribution is -2.46. The van der Waals surface area contributed by atoms with Gasteiger partial charge in [-0.1, -0.05) is 40.5 Å². The monoisotopic (exact) mass is 280 g/mol. The van der Waals surface area contributed by atoms with Crippen LogP contribution >= 0.6 is 0 Å². The van der Waals surface area contributed by atoms with Crippen molar-refractivity contribution in [1.82, 2.24) is 10.2 Å². The van der Waals surface area contributed by atoms with E-state index in [0.29, 0.717) is 17.9 Å². The van der Waals surface area contributed by atoms with Gasteiger partial charge in [0.1, 0.15) is 0 Å². The van der Waals surface area contributed by atoms with Crippen molar-refractivity contribution in [3.8, 4) is 0 Å². The molecule has 0 aromatic heterocycles. The van der Waals surface area contributed by atoms with Gasteiger partial charge >= 0.3 is 0 Å². The lowest BCUT2D eigenvalue weighted by molar-refractivity contribution is -0.136. The van der Waals surface area contributed by atoms with Gasteiger partial charge in [-0.3, -0.25) is 10.1 Å². The zero-order valence-electron chi connectivity index (χ0n) is 13.9. The second-order valence-electron chi connectivity index (χ2n) is 7.02. The van der Waals surface area contributed by atoms with E-state index < -0.39 is 0 Å². The molecule has 2 fully saturated rings. The molecule has 3 nitrogen and oxygen atoms in total. The Morgan fingerprint density at radius 1 is 1.30 bits per heavy atom. The van der Waals surface area contributed by atoms with Gasteiger partial charge in [0.25, 0.3) is 0 Å². The van der Waals surface area contributed by atoms with Crippen LogP contribution in [0.1, 0.15) is 73.1 Å². The Morgan fingerprint density at radius 2 is 2.00 bits per heavy atom. The van der Waals surface area contributed by atoms with Crippen LogP contribution in [0.2, 0.25) is 0 Å². The van der Waals surface area contributed by atoms with Gasteiger partial charge < -0.3 is 4.90 Å². The summed E-state index contributed by atoms with van der Waals surface area (Å²) in [6, 6.07) is 0.449. The van der Waals surface area contributed by atoms with Crippen LogP contribution in [0.4, 0.5) is 0 Å². The van der Waals surface area contributed by atoms with Crippen molar-refractivity contribution in [1.29, 1.82) is 0 Å². The Labute approximate surface area is 124 Å². The van der Waals surface area contributed by atoms with E-state index >= 15 is 0 Å². The van der Waals surface area contributed by atoms with Crippen LogP contribution in [0.3, 0.4) is 0 Å². The fourth-order valence-corrected chi connectivity index (χ4v) is 4.24. The van der Waals surface area contributed by atoms with Crippen molar-refractivity contribution in [2.24, 2.45) is 11.8 Å².